The molecule has 2 unspecified atom stereocenters. The van der Waals surface area contributed by atoms with E-state index in [0.717, 1.165) is 5.56 Å². The molecule has 1 saturated heterocycles. The Morgan fingerprint density at radius 1 is 1.32 bits per heavy atom. The average molecular weight is 336 g/mol. The van der Waals surface area contributed by atoms with Crippen LogP contribution in [0.25, 0.3) is 0 Å². The van der Waals surface area contributed by atoms with E-state index in [-0.39, 0.29) is 24.5 Å². The highest BCUT2D eigenvalue weighted by Gasteiger charge is 2.33. The van der Waals surface area contributed by atoms with Crippen LogP contribution >= 0.6 is 0 Å². The quantitative estimate of drug-likeness (QED) is 0.856. The summed E-state index contributed by atoms with van der Waals surface area (Å²) in [4.78, 5) is 18.4. The second-order valence-electron chi connectivity index (χ2n) is 6.23. The van der Waals surface area contributed by atoms with Crippen molar-refractivity contribution in [2.45, 2.75) is 12.6 Å². The molecule has 0 bridgehead atoms. The molecule has 1 aliphatic heterocycles. The third-order valence-electron chi connectivity index (χ3n) is 4.52. The highest BCUT2D eigenvalue weighted by molar-refractivity contribution is 5.94. The number of nitrogens with zero attached hydrogens (tertiary/aromatic N) is 3. The van der Waals surface area contributed by atoms with Gasteiger partial charge in [-0.2, -0.15) is 5.26 Å². The standard InChI is InChI=1S/C19H20N4O2/c20-8-14-4-1-2-5-16(14)10-23-11-17(13-24)18(12-23)22-19(25)15-6-3-7-21-9-15/h1-7,9,17-18,24H,10-13H2,(H,22,25). The number of aliphatic hydroxyl groups is 1. The third kappa shape index (κ3) is 4.02. The van der Waals surface area contributed by atoms with Gasteiger partial charge in [0.25, 0.3) is 5.91 Å². The van der Waals surface area contributed by atoms with Crippen molar-refractivity contribution >= 4 is 5.91 Å². The lowest BCUT2D eigenvalue weighted by molar-refractivity contribution is 0.0920. The summed E-state index contributed by atoms with van der Waals surface area (Å²) < 4.78 is 0. The van der Waals surface area contributed by atoms with Gasteiger partial charge in [-0.3, -0.25) is 14.7 Å². The number of amides is 1. The van der Waals surface area contributed by atoms with E-state index in [4.69, 9.17) is 0 Å². The summed E-state index contributed by atoms with van der Waals surface area (Å²) in [7, 11) is 0. The Morgan fingerprint density at radius 2 is 2.16 bits per heavy atom. The molecule has 2 heterocycles. The first-order valence-corrected chi connectivity index (χ1v) is 8.23. The molecule has 1 aromatic heterocycles. The van der Waals surface area contributed by atoms with Crippen molar-refractivity contribution in [3.8, 4) is 6.07 Å². The van der Waals surface area contributed by atoms with E-state index >= 15 is 0 Å². The minimum Gasteiger partial charge on any atom is -0.396 e. The predicted molar refractivity (Wildman–Crippen MR) is 92.5 cm³/mol. The Bertz CT molecular complexity index is 772. The molecule has 1 fully saturated rings. The molecule has 1 amide bonds. The molecule has 2 N–H and O–H groups in total. The zero-order chi connectivity index (χ0) is 17.6. The number of nitriles is 1. The number of nitrogens with one attached hydrogen (secondary N) is 1. The van der Waals surface area contributed by atoms with E-state index < -0.39 is 0 Å². The van der Waals surface area contributed by atoms with Gasteiger partial charge in [-0.25, -0.2) is 0 Å². The fourth-order valence-electron chi connectivity index (χ4n) is 3.20. The lowest BCUT2D eigenvalue weighted by Crippen LogP contribution is -2.41. The van der Waals surface area contributed by atoms with Gasteiger partial charge in [0.05, 0.1) is 17.2 Å². The van der Waals surface area contributed by atoms with Gasteiger partial charge >= 0.3 is 0 Å². The number of pyridine rings is 1. The number of carbonyl (C=O) groups excluding carboxylic acids is 1. The topological polar surface area (TPSA) is 89.3 Å². The molecule has 0 spiro atoms. The Kier molecular flexibility index (Phi) is 5.39. The molecule has 2 aromatic rings. The molecule has 6 nitrogen and oxygen atoms in total. The number of carbonyl (C=O) groups is 1. The largest absolute Gasteiger partial charge is 0.396 e. The molecule has 1 aliphatic rings. The molecule has 128 valence electrons. The van der Waals surface area contributed by atoms with Crippen molar-refractivity contribution in [2.24, 2.45) is 5.92 Å². The van der Waals surface area contributed by atoms with Crippen LogP contribution < -0.4 is 5.32 Å². The van der Waals surface area contributed by atoms with E-state index in [2.05, 4.69) is 21.3 Å². The van der Waals surface area contributed by atoms with Crippen molar-refractivity contribution in [3.63, 3.8) is 0 Å². The molecular formula is C19H20N4O2. The Morgan fingerprint density at radius 3 is 2.88 bits per heavy atom. The zero-order valence-corrected chi connectivity index (χ0v) is 13.8. The van der Waals surface area contributed by atoms with E-state index in [1.54, 1.807) is 24.4 Å². The first kappa shape index (κ1) is 17.1. The second kappa shape index (κ2) is 7.88. The van der Waals surface area contributed by atoms with Gasteiger partial charge in [0.2, 0.25) is 0 Å². The average Bonchev–Trinajstić information content (AvgIpc) is 3.04. The van der Waals surface area contributed by atoms with E-state index in [1.165, 1.54) is 6.20 Å². The number of rotatable bonds is 5. The maximum Gasteiger partial charge on any atom is 0.253 e. The van der Waals surface area contributed by atoms with Gasteiger partial charge in [-0.05, 0) is 23.8 Å². The molecule has 1 aromatic carbocycles. The molecule has 0 saturated carbocycles. The number of likely N-dealkylation sites (tertiary alicyclic amines) is 1. The summed E-state index contributed by atoms with van der Waals surface area (Å²) in [6.45, 7) is 1.94. The molecule has 25 heavy (non-hydrogen) atoms. The summed E-state index contributed by atoms with van der Waals surface area (Å²) in [6.07, 6.45) is 3.15. The number of aliphatic hydroxyl groups excluding tert-OH is 1. The van der Waals surface area contributed by atoms with Gasteiger partial charge < -0.3 is 10.4 Å². The van der Waals surface area contributed by atoms with Crippen molar-refractivity contribution in [2.75, 3.05) is 19.7 Å². The highest BCUT2D eigenvalue weighted by Crippen LogP contribution is 2.21. The SMILES string of the molecule is N#Cc1ccccc1CN1CC(CO)C(NC(=O)c2cccnc2)C1. The summed E-state index contributed by atoms with van der Waals surface area (Å²) in [5.41, 5.74) is 2.12. The predicted octanol–water partition coefficient (Wildman–Crippen LogP) is 1.18. The van der Waals surface area contributed by atoms with Crippen molar-refractivity contribution < 1.29 is 9.90 Å². The van der Waals surface area contributed by atoms with Crippen LogP contribution in [0.2, 0.25) is 0 Å². The Hall–Kier alpha value is -2.75. The normalized spacial score (nSPS) is 20.2. The van der Waals surface area contributed by atoms with Gasteiger partial charge in [-0.1, -0.05) is 18.2 Å². The van der Waals surface area contributed by atoms with Crippen LogP contribution in [0.15, 0.2) is 48.8 Å². The second-order valence-corrected chi connectivity index (χ2v) is 6.23. The summed E-state index contributed by atoms with van der Waals surface area (Å²) in [5.74, 6) is -0.217. The number of benzene rings is 1. The molecule has 3 rings (SSSR count). The van der Waals surface area contributed by atoms with Gasteiger partial charge in [-0.15, -0.1) is 0 Å². The Labute approximate surface area is 146 Å². The minimum absolute atomic E-state index is 0.00832. The van der Waals surface area contributed by atoms with Gasteiger partial charge in [0, 0.05) is 50.6 Å². The fraction of sp³-hybridized carbons (Fsp3) is 0.316. The van der Waals surface area contributed by atoms with E-state index in [1.807, 2.05) is 18.2 Å². The molecule has 2 atom stereocenters. The summed E-state index contributed by atoms with van der Waals surface area (Å²) >= 11 is 0. The molecule has 0 aliphatic carbocycles. The lowest BCUT2D eigenvalue weighted by atomic mass is 10.0. The first-order chi connectivity index (χ1) is 12.2. The van der Waals surface area contributed by atoms with Gasteiger partial charge in [0.15, 0.2) is 0 Å². The third-order valence-corrected chi connectivity index (χ3v) is 4.52. The maximum absolute atomic E-state index is 12.3. The molecule has 6 heteroatoms. The van der Waals surface area contributed by atoms with Gasteiger partial charge in [0.1, 0.15) is 0 Å². The van der Waals surface area contributed by atoms with Crippen LogP contribution in [0.5, 0.6) is 0 Å². The van der Waals surface area contributed by atoms with Crippen LogP contribution in [0.1, 0.15) is 21.5 Å². The van der Waals surface area contributed by atoms with Crippen LogP contribution in [0.3, 0.4) is 0 Å². The monoisotopic (exact) mass is 336 g/mol. The number of aromatic nitrogens is 1. The molecular weight excluding hydrogens is 316 g/mol. The highest BCUT2D eigenvalue weighted by atomic mass is 16.3. The summed E-state index contributed by atoms with van der Waals surface area (Å²) in [5, 5.41) is 21.9. The van der Waals surface area contributed by atoms with Crippen LogP contribution in [0, 0.1) is 17.2 Å². The van der Waals surface area contributed by atoms with E-state index in [9.17, 15) is 15.2 Å². The maximum atomic E-state index is 12.3. The molecule has 0 radical (unpaired) electrons. The number of hydrogen-bond acceptors (Lipinski definition) is 5. The summed E-state index contributed by atoms with van der Waals surface area (Å²) in [6, 6.07) is 13.0. The lowest BCUT2D eigenvalue weighted by Gasteiger charge is -2.18. The van der Waals surface area contributed by atoms with Crippen molar-refractivity contribution in [1.29, 1.82) is 5.26 Å². The zero-order valence-electron chi connectivity index (χ0n) is 13.8. The smallest absolute Gasteiger partial charge is 0.253 e. The Balaban J connectivity index is 1.66. The van der Waals surface area contributed by atoms with Crippen molar-refractivity contribution in [1.82, 2.24) is 15.2 Å². The minimum atomic E-state index is -0.184. The van der Waals surface area contributed by atoms with Crippen LogP contribution in [-0.4, -0.2) is 46.6 Å². The fourth-order valence-corrected chi connectivity index (χ4v) is 3.20. The first-order valence-electron chi connectivity index (χ1n) is 8.23. The van der Waals surface area contributed by atoms with E-state index in [0.29, 0.717) is 30.8 Å². The van der Waals surface area contributed by atoms with Crippen molar-refractivity contribution in [3.05, 3.63) is 65.5 Å². The van der Waals surface area contributed by atoms with Crippen LogP contribution in [0.4, 0.5) is 0 Å². The van der Waals surface area contributed by atoms with Crippen LogP contribution in [-0.2, 0) is 6.54 Å². The number of hydrogen-bond donors (Lipinski definition) is 2.